The van der Waals surface area contributed by atoms with Gasteiger partial charge in [-0.15, -0.1) is 0 Å². The Hall–Kier alpha value is -3.92. The largest absolute Gasteiger partial charge is 0.478 e. The third-order valence-electron chi connectivity index (χ3n) is 7.01. The predicted octanol–water partition coefficient (Wildman–Crippen LogP) is 7.37. The highest BCUT2D eigenvalue weighted by Crippen LogP contribution is 2.39. The Balaban J connectivity index is 1.69. The van der Waals surface area contributed by atoms with Crippen molar-refractivity contribution in [2.75, 3.05) is 5.32 Å². The first-order valence-corrected chi connectivity index (χ1v) is 12.7. The summed E-state index contributed by atoms with van der Waals surface area (Å²) in [6.45, 7) is 0. The van der Waals surface area contributed by atoms with Crippen LogP contribution < -0.4 is 5.32 Å². The lowest BCUT2D eigenvalue weighted by atomic mass is 9.83. The summed E-state index contributed by atoms with van der Waals surface area (Å²) in [5.41, 5.74) is -0.689. The lowest BCUT2D eigenvalue weighted by molar-refractivity contribution is -0.121. The molecule has 202 valence electrons. The maximum atomic E-state index is 14.8. The van der Waals surface area contributed by atoms with Crippen molar-refractivity contribution >= 4 is 40.2 Å². The molecular weight excluding hydrogens is 538 g/mol. The molecule has 1 fully saturated rings. The van der Waals surface area contributed by atoms with Gasteiger partial charge in [0.25, 0.3) is 0 Å². The standard InChI is InChI=1S/C28H22ClF4N3O3/c29-17-8-6-15(7-9-17)26-34-22-12-18(30)19(31)13-23(22)36(26)25(14-4-2-1-3-5-14)27(37)35-24-20(32)10-16(28(38)39)11-21(24)33/h6-14,25H,1-5H2,(H,35,37)(H,38,39). The number of nitrogens with zero attached hydrogens (tertiary/aromatic N) is 2. The summed E-state index contributed by atoms with van der Waals surface area (Å²) in [5, 5.41) is 11.8. The zero-order valence-corrected chi connectivity index (χ0v) is 21.1. The van der Waals surface area contributed by atoms with Gasteiger partial charge in [-0.2, -0.15) is 0 Å². The van der Waals surface area contributed by atoms with E-state index in [4.69, 9.17) is 16.7 Å². The second kappa shape index (κ2) is 10.7. The van der Waals surface area contributed by atoms with E-state index in [0.717, 1.165) is 31.4 Å². The zero-order valence-electron chi connectivity index (χ0n) is 20.4. The van der Waals surface area contributed by atoms with Crippen molar-refractivity contribution in [3.05, 3.63) is 82.4 Å². The Labute approximate surface area is 225 Å². The minimum absolute atomic E-state index is 0.0932. The van der Waals surface area contributed by atoms with Gasteiger partial charge in [0.1, 0.15) is 17.6 Å². The van der Waals surface area contributed by atoms with Crippen molar-refractivity contribution in [3.8, 4) is 11.4 Å². The van der Waals surface area contributed by atoms with Gasteiger partial charge in [-0.25, -0.2) is 27.3 Å². The Morgan fingerprint density at radius 3 is 2.15 bits per heavy atom. The number of carboxylic acid groups (broad SMARTS) is 1. The number of fused-ring (bicyclic) bond motifs is 1. The molecule has 1 aliphatic carbocycles. The van der Waals surface area contributed by atoms with E-state index < -0.39 is 52.4 Å². The number of carbonyl (C=O) groups is 2. The molecule has 0 spiro atoms. The van der Waals surface area contributed by atoms with Crippen LogP contribution in [0, 0.1) is 29.2 Å². The van der Waals surface area contributed by atoms with Crippen LogP contribution in [-0.4, -0.2) is 26.5 Å². The summed E-state index contributed by atoms with van der Waals surface area (Å²) in [4.78, 5) is 29.6. The maximum Gasteiger partial charge on any atom is 0.335 e. The Kier molecular flexibility index (Phi) is 7.31. The molecule has 0 aliphatic heterocycles. The van der Waals surface area contributed by atoms with Crippen LogP contribution in [0.5, 0.6) is 0 Å². The molecule has 1 heterocycles. The molecule has 4 aromatic rings. The molecule has 11 heteroatoms. The van der Waals surface area contributed by atoms with Crippen molar-refractivity contribution in [1.29, 1.82) is 0 Å². The van der Waals surface area contributed by atoms with Gasteiger partial charge in [0.05, 0.1) is 16.6 Å². The topological polar surface area (TPSA) is 84.2 Å². The third kappa shape index (κ3) is 5.21. The van der Waals surface area contributed by atoms with E-state index in [9.17, 15) is 27.2 Å². The minimum atomic E-state index is -1.53. The van der Waals surface area contributed by atoms with Crippen LogP contribution in [-0.2, 0) is 4.79 Å². The van der Waals surface area contributed by atoms with Gasteiger partial charge < -0.3 is 15.0 Å². The summed E-state index contributed by atoms with van der Waals surface area (Å²) >= 11 is 6.05. The highest BCUT2D eigenvalue weighted by molar-refractivity contribution is 6.30. The van der Waals surface area contributed by atoms with E-state index >= 15 is 0 Å². The number of carboxylic acids is 1. The van der Waals surface area contributed by atoms with Gasteiger partial charge in [0, 0.05) is 22.7 Å². The Morgan fingerprint density at radius 1 is 0.923 bits per heavy atom. The lowest BCUT2D eigenvalue weighted by Gasteiger charge is -2.32. The van der Waals surface area contributed by atoms with E-state index in [-0.39, 0.29) is 22.8 Å². The molecule has 1 saturated carbocycles. The third-order valence-corrected chi connectivity index (χ3v) is 7.27. The van der Waals surface area contributed by atoms with Crippen LogP contribution in [0.15, 0.2) is 48.5 Å². The van der Waals surface area contributed by atoms with E-state index in [1.807, 2.05) is 0 Å². The maximum absolute atomic E-state index is 14.8. The van der Waals surface area contributed by atoms with Crippen LogP contribution in [0.25, 0.3) is 22.4 Å². The molecule has 0 radical (unpaired) electrons. The molecule has 6 nitrogen and oxygen atoms in total. The average molecular weight is 560 g/mol. The molecule has 1 unspecified atom stereocenters. The van der Waals surface area contributed by atoms with Gasteiger partial charge >= 0.3 is 5.97 Å². The molecule has 1 aliphatic rings. The van der Waals surface area contributed by atoms with Crippen LogP contribution in [0.3, 0.4) is 0 Å². The highest BCUT2D eigenvalue weighted by Gasteiger charge is 2.35. The first-order chi connectivity index (χ1) is 18.6. The Bertz CT molecular complexity index is 1560. The number of imidazole rings is 1. The van der Waals surface area contributed by atoms with Crippen molar-refractivity contribution in [3.63, 3.8) is 0 Å². The first kappa shape index (κ1) is 26.7. The number of carbonyl (C=O) groups excluding carboxylic acids is 1. The number of rotatable bonds is 6. The monoisotopic (exact) mass is 559 g/mol. The molecule has 1 aromatic heterocycles. The summed E-state index contributed by atoms with van der Waals surface area (Å²) in [7, 11) is 0. The molecule has 1 amide bonds. The second-order valence-corrected chi connectivity index (χ2v) is 9.96. The first-order valence-electron chi connectivity index (χ1n) is 12.3. The van der Waals surface area contributed by atoms with Crippen molar-refractivity contribution in [2.45, 2.75) is 38.1 Å². The molecular formula is C28H22ClF4N3O3. The van der Waals surface area contributed by atoms with Gasteiger partial charge in [-0.05, 0) is 55.2 Å². The molecule has 1 atom stereocenters. The highest BCUT2D eigenvalue weighted by atomic mass is 35.5. The molecule has 39 heavy (non-hydrogen) atoms. The van der Waals surface area contributed by atoms with E-state index in [1.165, 1.54) is 4.57 Å². The summed E-state index contributed by atoms with van der Waals surface area (Å²) in [5.74, 6) is -7.21. The molecule has 0 saturated heterocycles. The summed E-state index contributed by atoms with van der Waals surface area (Å²) < 4.78 is 59.7. The normalized spacial score (nSPS) is 14.9. The summed E-state index contributed by atoms with van der Waals surface area (Å²) in [6.07, 6.45) is 3.75. The van der Waals surface area contributed by atoms with Gasteiger partial charge in [-0.3, -0.25) is 4.79 Å². The fraction of sp³-hybridized carbons (Fsp3) is 0.250. The second-order valence-electron chi connectivity index (χ2n) is 9.52. The molecule has 5 rings (SSSR count). The number of halogens is 5. The van der Waals surface area contributed by atoms with Crippen LogP contribution in [0.2, 0.25) is 5.02 Å². The molecule has 3 aromatic carbocycles. The van der Waals surface area contributed by atoms with Crippen molar-refractivity contribution < 1.29 is 32.3 Å². The van der Waals surface area contributed by atoms with Crippen molar-refractivity contribution in [2.24, 2.45) is 5.92 Å². The van der Waals surface area contributed by atoms with Crippen LogP contribution in [0.4, 0.5) is 23.2 Å². The van der Waals surface area contributed by atoms with Crippen LogP contribution >= 0.6 is 11.6 Å². The molecule has 0 bridgehead atoms. The number of aromatic carboxylic acids is 1. The van der Waals surface area contributed by atoms with Crippen LogP contribution in [0.1, 0.15) is 48.5 Å². The Morgan fingerprint density at radius 2 is 1.54 bits per heavy atom. The predicted molar refractivity (Wildman–Crippen MR) is 138 cm³/mol. The SMILES string of the molecule is O=C(O)c1cc(F)c(NC(=O)C(C2CCCCC2)n2c(-c3ccc(Cl)cc3)nc3cc(F)c(F)cc32)c(F)c1. The van der Waals surface area contributed by atoms with Gasteiger partial charge in [-0.1, -0.05) is 30.9 Å². The summed E-state index contributed by atoms with van der Waals surface area (Å²) in [6, 6.07) is 8.49. The zero-order chi connectivity index (χ0) is 27.8. The quantitative estimate of drug-likeness (QED) is 0.242. The van der Waals surface area contributed by atoms with Gasteiger partial charge in [0.2, 0.25) is 5.91 Å². The minimum Gasteiger partial charge on any atom is -0.478 e. The fourth-order valence-electron chi connectivity index (χ4n) is 5.18. The van der Waals surface area contributed by atoms with E-state index in [1.54, 1.807) is 24.3 Å². The number of nitrogens with one attached hydrogen (secondary N) is 1. The molecule has 2 N–H and O–H groups in total. The van der Waals surface area contributed by atoms with E-state index in [0.29, 0.717) is 35.6 Å². The smallest absolute Gasteiger partial charge is 0.335 e. The van der Waals surface area contributed by atoms with Gasteiger partial charge in [0.15, 0.2) is 23.3 Å². The number of amides is 1. The number of hydrogen-bond acceptors (Lipinski definition) is 3. The number of benzene rings is 3. The number of aromatic nitrogens is 2. The number of anilines is 1. The van der Waals surface area contributed by atoms with E-state index in [2.05, 4.69) is 10.3 Å². The van der Waals surface area contributed by atoms with Crippen molar-refractivity contribution in [1.82, 2.24) is 9.55 Å². The fourth-order valence-corrected chi connectivity index (χ4v) is 5.31. The lowest BCUT2D eigenvalue weighted by Crippen LogP contribution is -2.34. The average Bonchev–Trinajstić information content (AvgIpc) is 3.25. The number of hydrogen-bond donors (Lipinski definition) is 2.